The Hall–Kier alpha value is -2.48. The molecular weight excluding hydrogens is 320 g/mol. The summed E-state index contributed by atoms with van der Waals surface area (Å²) in [4.78, 5) is 34.4. The van der Waals surface area contributed by atoms with Crippen LogP contribution in [0.3, 0.4) is 0 Å². The lowest BCUT2D eigenvalue weighted by Crippen LogP contribution is -2.62. The summed E-state index contributed by atoms with van der Waals surface area (Å²) >= 11 is 0. The van der Waals surface area contributed by atoms with E-state index < -0.39 is 0 Å². The fraction of sp³-hybridized carbons (Fsp3) is 0.529. The average molecular weight is 342 g/mol. The number of nitrogens with zero attached hydrogens (tertiary/aromatic N) is 5. The maximum Gasteiger partial charge on any atom is 0.241 e. The lowest BCUT2D eigenvalue weighted by atomic mass is 9.93. The van der Waals surface area contributed by atoms with Gasteiger partial charge in [-0.3, -0.25) is 19.6 Å². The maximum absolute atomic E-state index is 12.8. The number of likely N-dealkylation sites (N-methyl/N-ethyl adjacent to an activating group) is 1. The first-order chi connectivity index (χ1) is 12.0. The van der Waals surface area contributed by atoms with Crippen LogP contribution in [0.25, 0.3) is 11.0 Å². The number of likely N-dealkylation sites (tertiary alicyclic amines) is 1. The van der Waals surface area contributed by atoms with Gasteiger partial charge in [0.05, 0.1) is 5.69 Å². The van der Waals surface area contributed by atoms with E-state index in [1.165, 1.54) is 0 Å². The number of H-pyrrole nitrogens is 1. The van der Waals surface area contributed by atoms with Crippen molar-refractivity contribution >= 4 is 22.8 Å². The molecule has 1 atom stereocenters. The van der Waals surface area contributed by atoms with Gasteiger partial charge >= 0.3 is 0 Å². The highest BCUT2D eigenvalue weighted by molar-refractivity contribution is 5.85. The summed E-state index contributed by atoms with van der Waals surface area (Å²) in [5.74, 6) is 0.395. The monoisotopic (exact) mass is 342 g/mol. The van der Waals surface area contributed by atoms with Crippen LogP contribution in [0.15, 0.2) is 18.3 Å². The third kappa shape index (κ3) is 2.76. The van der Waals surface area contributed by atoms with Crippen molar-refractivity contribution < 1.29 is 9.59 Å². The van der Waals surface area contributed by atoms with Gasteiger partial charge in [-0.2, -0.15) is 5.10 Å². The van der Waals surface area contributed by atoms with Crippen molar-refractivity contribution in [2.45, 2.75) is 18.9 Å². The molecule has 0 unspecified atom stereocenters. The van der Waals surface area contributed by atoms with Gasteiger partial charge in [0.25, 0.3) is 0 Å². The summed E-state index contributed by atoms with van der Waals surface area (Å²) in [6.45, 7) is 4.80. The molecule has 0 aliphatic carbocycles. The van der Waals surface area contributed by atoms with Crippen molar-refractivity contribution in [2.24, 2.45) is 0 Å². The van der Waals surface area contributed by atoms with E-state index in [2.05, 4.69) is 15.2 Å². The normalized spacial score (nSPS) is 22.2. The molecule has 132 valence electrons. The number of carbonyl (C=O) groups excluding carboxylic acids is 2. The smallest absolute Gasteiger partial charge is 0.241 e. The number of aromatic amines is 1. The van der Waals surface area contributed by atoms with Crippen LogP contribution in [0.2, 0.25) is 0 Å². The summed E-state index contributed by atoms with van der Waals surface area (Å²) in [5, 5.41) is 8.33. The SMILES string of the molecule is CC(=O)N1CCN(C)[C@@H](C(=O)N2CC(c3[nH]nc4ncccc34)C2)C1. The van der Waals surface area contributed by atoms with Gasteiger partial charge < -0.3 is 9.80 Å². The van der Waals surface area contributed by atoms with Gasteiger partial charge in [0.2, 0.25) is 11.8 Å². The predicted molar refractivity (Wildman–Crippen MR) is 91.9 cm³/mol. The maximum atomic E-state index is 12.8. The number of aromatic nitrogens is 3. The summed E-state index contributed by atoms with van der Waals surface area (Å²) in [5.41, 5.74) is 1.76. The molecule has 0 aromatic carbocycles. The second-order valence-corrected chi connectivity index (χ2v) is 6.91. The van der Waals surface area contributed by atoms with Crippen LogP contribution in [0.5, 0.6) is 0 Å². The molecule has 4 rings (SSSR count). The van der Waals surface area contributed by atoms with Gasteiger partial charge in [0.15, 0.2) is 5.65 Å². The largest absolute Gasteiger partial charge is 0.340 e. The summed E-state index contributed by atoms with van der Waals surface area (Å²) in [6, 6.07) is 3.65. The minimum absolute atomic E-state index is 0.0313. The Kier molecular flexibility index (Phi) is 3.91. The standard InChI is InChI=1S/C17H22N6O2/c1-11(24)22-7-6-21(2)14(10-22)17(25)23-8-12(9-23)15-13-4-3-5-18-16(13)20-19-15/h3-5,12,14H,6-10H2,1-2H3,(H,18,19,20)/t14-/m1/s1. The predicted octanol–water partition coefficient (Wildman–Crippen LogP) is 0.0462. The Labute approximate surface area is 145 Å². The molecule has 0 saturated carbocycles. The molecule has 2 aromatic rings. The van der Waals surface area contributed by atoms with Gasteiger partial charge in [-0.25, -0.2) is 4.98 Å². The number of hydrogen-bond donors (Lipinski definition) is 1. The van der Waals surface area contributed by atoms with Crippen LogP contribution in [0, 0.1) is 0 Å². The van der Waals surface area contributed by atoms with E-state index in [0.29, 0.717) is 31.8 Å². The van der Waals surface area contributed by atoms with Gasteiger partial charge in [-0.15, -0.1) is 0 Å². The van der Waals surface area contributed by atoms with Crippen molar-refractivity contribution in [3.8, 4) is 0 Å². The Morgan fingerprint density at radius 1 is 1.20 bits per heavy atom. The zero-order chi connectivity index (χ0) is 17.6. The van der Waals surface area contributed by atoms with Gasteiger partial charge in [-0.1, -0.05) is 0 Å². The molecule has 2 aliphatic heterocycles. The molecule has 2 amide bonds. The van der Waals surface area contributed by atoms with Crippen molar-refractivity contribution in [3.05, 3.63) is 24.0 Å². The van der Waals surface area contributed by atoms with Gasteiger partial charge in [-0.05, 0) is 19.2 Å². The molecule has 0 bridgehead atoms. The highest BCUT2D eigenvalue weighted by atomic mass is 16.2. The molecule has 8 nitrogen and oxygen atoms in total. The first-order valence-corrected chi connectivity index (χ1v) is 8.58. The Bertz CT molecular complexity index is 812. The summed E-state index contributed by atoms with van der Waals surface area (Å²) < 4.78 is 0. The number of piperazine rings is 1. The highest BCUT2D eigenvalue weighted by Gasteiger charge is 2.40. The number of rotatable bonds is 2. The summed E-state index contributed by atoms with van der Waals surface area (Å²) in [7, 11) is 1.95. The van der Waals surface area contributed by atoms with E-state index in [-0.39, 0.29) is 23.8 Å². The van der Waals surface area contributed by atoms with E-state index in [4.69, 9.17) is 0 Å². The molecule has 2 aromatic heterocycles. The third-order valence-electron chi connectivity index (χ3n) is 5.34. The van der Waals surface area contributed by atoms with E-state index in [9.17, 15) is 9.59 Å². The van der Waals surface area contributed by atoms with E-state index in [0.717, 1.165) is 17.6 Å². The second-order valence-electron chi connectivity index (χ2n) is 6.91. The first kappa shape index (κ1) is 16.0. The van der Waals surface area contributed by atoms with Gasteiger partial charge in [0, 0.05) is 57.1 Å². The second kappa shape index (κ2) is 6.11. The van der Waals surface area contributed by atoms with Crippen LogP contribution in [-0.2, 0) is 9.59 Å². The van der Waals surface area contributed by atoms with Crippen LogP contribution >= 0.6 is 0 Å². The van der Waals surface area contributed by atoms with Crippen LogP contribution < -0.4 is 0 Å². The number of nitrogens with one attached hydrogen (secondary N) is 1. The quantitative estimate of drug-likeness (QED) is 0.833. The molecule has 0 radical (unpaired) electrons. The molecule has 1 N–H and O–H groups in total. The molecule has 4 heterocycles. The molecule has 2 aliphatic rings. The first-order valence-electron chi connectivity index (χ1n) is 8.58. The molecular formula is C17H22N6O2. The lowest BCUT2D eigenvalue weighted by molar-refractivity contribution is -0.145. The molecule has 8 heteroatoms. The van der Waals surface area contributed by atoms with E-state index in [1.54, 1.807) is 18.0 Å². The number of hydrogen-bond acceptors (Lipinski definition) is 5. The minimum Gasteiger partial charge on any atom is -0.340 e. The Morgan fingerprint density at radius 3 is 2.76 bits per heavy atom. The fourth-order valence-corrected chi connectivity index (χ4v) is 3.66. The van der Waals surface area contributed by atoms with Crippen LogP contribution in [0.4, 0.5) is 0 Å². The van der Waals surface area contributed by atoms with Crippen molar-refractivity contribution in [3.63, 3.8) is 0 Å². The fourth-order valence-electron chi connectivity index (χ4n) is 3.66. The Balaban J connectivity index is 1.43. The number of fused-ring (bicyclic) bond motifs is 1. The lowest BCUT2D eigenvalue weighted by Gasteiger charge is -2.45. The van der Waals surface area contributed by atoms with E-state index in [1.807, 2.05) is 29.0 Å². The molecule has 2 saturated heterocycles. The third-order valence-corrected chi connectivity index (χ3v) is 5.34. The number of carbonyl (C=O) groups is 2. The summed E-state index contributed by atoms with van der Waals surface area (Å²) in [6.07, 6.45) is 1.73. The zero-order valence-corrected chi connectivity index (χ0v) is 14.5. The van der Waals surface area contributed by atoms with Crippen LogP contribution in [0.1, 0.15) is 18.5 Å². The average Bonchev–Trinajstić information content (AvgIpc) is 2.97. The van der Waals surface area contributed by atoms with E-state index >= 15 is 0 Å². The topological polar surface area (TPSA) is 85.4 Å². The zero-order valence-electron chi connectivity index (χ0n) is 14.5. The van der Waals surface area contributed by atoms with Crippen LogP contribution in [-0.4, -0.2) is 87.5 Å². The number of amides is 2. The number of pyridine rings is 1. The van der Waals surface area contributed by atoms with Crippen molar-refractivity contribution in [1.82, 2.24) is 29.9 Å². The van der Waals surface area contributed by atoms with Gasteiger partial charge in [0.1, 0.15) is 6.04 Å². The van der Waals surface area contributed by atoms with Crippen molar-refractivity contribution in [1.29, 1.82) is 0 Å². The van der Waals surface area contributed by atoms with Crippen molar-refractivity contribution in [2.75, 3.05) is 39.8 Å². The molecule has 0 spiro atoms. The highest BCUT2D eigenvalue weighted by Crippen LogP contribution is 2.31. The molecule has 25 heavy (non-hydrogen) atoms. The molecule has 2 fully saturated rings. The Morgan fingerprint density at radius 2 is 2.00 bits per heavy atom. The minimum atomic E-state index is -0.251.